The van der Waals surface area contributed by atoms with Crippen LogP contribution >= 0.6 is 0 Å². The van der Waals surface area contributed by atoms with Crippen LogP contribution in [-0.2, 0) is 20.0 Å². The summed E-state index contributed by atoms with van der Waals surface area (Å²) >= 11 is 0. The molecule has 0 bridgehead atoms. The Kier molecular flexibility index (Phi) is 4.08. The molecule has 2 aromatic rings. The summed E-state index contributed by atoms with van der Waals surface area (Å²) in [5.41, 5.74) is 9.59. The molecule has 0 unspecified atom stereocenters. The van der Waals surface area contributed by atoms with Crippen molar-refractivity contribution < 1.29 is 0 Å². The summed E-state index contributed by atoms with van der Waals surface area (Å²) in [6.07, 6.45) is 0.932. The van der Waals surface area contributed by atoms with Gasteiger partial charge in [-0.2, -0.15) is 5.10 Å². The van der Waals surface area contributed by atoms with E-state index in [-0.39, 0.29) is 5.84 Å². The second-order valence-corrected chi connectivity index (χ2v) is 4.89. The largest absolute Gasteiger partial charge is 0.384 e. The summed E-state index contributed by atoms with van der Waals surface area (Å²) in [6, 6.07) is 9.82. The van der Waals surface area contributed by atoms with Crippen LogP contribution in [0, 0.1) is 5.41 Å². The first kappa shape index (κ1) is 14.1. The minimum absolute atomic E-state index is 0.0895. The zero-order valence-corrected chi connectivity index (χ0v) is 12.2. The summed E-state index contributed by atoms with van der Waals surface area (Å²) in [5, 5.41) is 12.1. The highest BCUT2D eigenvalue weighted by molar-refractivity contribution is 6.00. The van der Waals surface area contributed by atoms with Gasteiger partial charge in [0.2, 0.25) is 0 Å². The minimum atomic E-state index is 0.0895. The molecule has 0 saturated carbocycles. The number of aryl methyl sites for hydroxylation is 2. The van der Waals surface area contributed by atoms with Crippen LogP contribution in [0.3, 0.4) is 0 Å². The van der Waals surface area contributed by atoms with Crippen LogP contribution in [0.4, 0.5) is 5.69 Å². The molecule has 0 amide bonds. The van der Waals surface area contributed by atoms with Crippen molar-refractivity contribution in [2.24, 2.45) is 12.8 Å². The lowest BCUT2D eigenvalue weighted by Gasteiger charge is -2.22. The first-order chi connectivity index (χ1) is 9.52. The zero-order chi connectivity index (χ0) is 14.7. The van der Waals surface area contributed by atoms with E-state index in [1.54, 1.807) is 0 Å². The number of hydrogen-bond acceptors (Lipinski definition) is 3. The molecule has 1 heterocycles. The smallest absolute Gasteiger partial charge is 0.124 e. The van der Waals surface area contributed by atoms with Gasteiger partial charge in [0.05, 0.1) is 17.9 Å². The first-order valence-electron chi connectivity index (χ1n) is 6.69. The van der Waals surface area contributed by atoms with Gasteiger partial charge in [-0.1, -0.05) is 19.1 Å². The third kappa shape index (κ3) is 2.82. The van der Waals surface area contributed by atoms with Crippen LogP contribution in [0.2, 0.25) is 0 Å². The van der Waals surface area contributed by atoms with E-state index in [4.69, 9.17) is 11.1 Å². The van der Waals surface area contributed by atoms with E-state index in [2.05, 4.69) is 23.0 Å². The number of amidine groups is 1. The van der Waals surface area contributed by atoms with Gasteiger partial charge < -0.3 is 10.6 Å². The van der Waals surface area contributed by atoms with Gasteiger partial charge in [-0.05, 0) is 24.6 Å². The standard InChI is InChI=1S/C15H21N5/c1-4-11-9-12(20(3)18-11)10-19(2)14-8-6-5-7-13(14)15(16)17/h5-9H,4,10H2,1-3H3,(H3,16,17). The molecular weight excluding hydrogens is 250 g/mol. The minimum Gasteiger partial charge on any atom is -0.384 e. The SMILES string of the molecule is CCc1cc(CN(C)c2ccccc2C(=N)N)n(C)n1. The Morgan fingerprint density at radius 3 is 2.70 bits per heavy atom. The molecule has 106 valence electrons. The van der Waals surface area contributed by atoms with Crippen molar-refractivity contribution in [1.82, 2.24) is 9.78 Å². The highest BCUT2D eigenvalue weighted by atomic mass is 15.3. The van der Waals surface area contributed by atoms with Crippen molar-refractivity contribution in [3.05, 3.63) is 47.3 Å². The number of nitrogens with zero attached hydrogens (tertiary/aromatic N) is 3. The molecule has 5 heteroatoms. The fourth-order valence-electron chi connectivity index (χ4n) is 2.25. The average molecular weight is 271 g/mol. The highest BCUT2D eigenvalue weighted by Gasteiger charge is 2.12. The van der Waals surface area contributed by atoms with Crippen LogP contribution in [0.1, 0.15) is 23.9 Å². The summed E-state index contributed by atoms with van der Waals surface area (Å²) in [4.78, 5) is 2.09. The Balaban J connectivity index is 2.26. The summed E-state index contributed by atoms with van der Waals surface area (Å²) in [6.45, 7) is 2.83. The molecule has 0 aliphatic carbocycles. The lowest BCUT2D eigenvalue weighted by atomic mass is 10.1. The van der Waals surface area contributed by atoms with Gasteiger partial charge in [0.1, 0.15) is 5.84 Å². The Hall–Kier alpha value is -2.30. The molecule has 0 aliphatic heterocycles. The van der Waals surface area contributed by atoms with E-state index in [0.717, 1.165) is 35.6 Å². The molecule has 2 rings (SSSR count). The number of nitrogen functional groups attached to an aromatic ring is 1. The Morgan fingerprint density at radius 2 is 2.10 bits per heavy atom. The molecule has 1 aromatic heterocycles. The number of aromatic nitrogens is 2. The van der Waals surface area contributed by atoms with Crippen LogP contribution in [0.5, 0.6) is 0 Å². The zero-order valence-electron chi connectivity index (χ0n) is 12.2. The second kappa shape index (κ2) is 5.77. The predicted octanol–water partition coefficient (Wildman–Crippen LogP) is 1.90. The Bertz CT molecular complexity index is 614. The fraction of sp³-hybridized carbons (Fsp3) is 0.333. The number of nitrogens with two attached hydrogens (primary N) is 1. The van der Waals surface area contributed by atoms with Crippen molar-refractivity contribution in [2.75, 3.05) is 11.9 Å². The molecule has 0 radical (unpaired) electrons. The molecule has 0 saturated heterocycles. The number of hydrogen-bond donors (Lipinski definition) is 2. The summed E-state index contributed by atoms with van der Waals surface area (Å²) in [5.74, 6) is 0.0895. The normalized spacial score (nSPS) is 10.6. The van der Waals surface area contributed by atoms with Gasteiger partial charge in [0.25, 0.3) is 0 Å². The van der Waals surface area contributed by atoms with Crippen LogP contribution in [0.25, 0.3) is 0 Å². The number of benzene rings is 1. The van der Waals surface area contributed by atoms with Gasteiger partial charge in [-0.25, -0.2) is 0 Å². The van der Waals surface area contributed by atoms with Crippen LogP contribution in [-0.4, -0.2) is 22.7 Å². The second-order valence-electron chi connectivity index (χ2n) is 4.89. The van der Waals surface area contributed by atoms with E-state index in [1.807, 2.05) is 43.0 Å². The number of anilines is 1. The van der Waals surface area contributed by atoms with E-state index < -0.39 is 0 Å². The van der Waals surface area contributed by atoms with Crippen molar-refractivity contribution in [1.29, 1.82) is 5.41 Å². The van der Waals surface area contributed by atoms with E-state index in [1.165, 1.54) is 0 Å². The Labute approximate surface area is 119 Å². The number of nitrogens with one attached hydrogen (secondary N) is 1. The summed E-state index contributed by atoms with van der Waals surface area (Å²) < 4.78 is 1.91. The maximum Gasteiger partial charge on any atom is 0.124 e. The topological polar surface area (TPSA) is 70.9 Å². The molecule has 0 aliphatic rings. The van der Waals surface area contributed by atoms with Gasteiger partial charge in [-0.15, -0.1) is 0 Å². The third-order valence-corrected chi connectivity index (χ3v) is 3.39. The molecule has 3 N–H and O–H groups in total. The molecule has 1 aromatic carbocycles. The quantitative estimate of drug-likeness (QED) is 0.644. The molecule has 20 heavy (non-hydrogen) atoms. The third-order valence-electron chi connectivity index (χ3n) is 3.39. The predicted molar refractivity (Wildman–Crippen MR) is 82.2 cm³/mol. The van der Waals surface area contributed by atoms with Crippen molar-refractivity contribution in [3.63, 3.8) is 0 Å². The van der Waals surface area contributed by atoms with Gasteiger partial charge in [0.15, 0.2) is 0 Å². The van der Waals surface area contributed by atoms with E-state index in [9.17, 15) is 0 Å². The number of rotatable bonds is 5. The fourth-order valence-corrected chi connectivity index (χ4v) is 2.25. The molecule has 0 atom stereocenters. The van der Waals surface area contributed by atoms with E-state index >= 15 is 0 Å². The summed E-state index contributed by atoms with van der Waals surface area (Å²) in [7, 11) is 3.96. The van der Waals surface area contributed by atoms with Crippen molar-refractivity contribution >= 4 is 11.5 Å². The maximum absolute atomic E-state index is 7.66. The Morgan fingerprint density at radius 1 is 1.40 bits per heavy atom. The average Bonchev–Trinajstić information content (AvgIpc) is 2.79. The van der Waals surface area contributed by atoms with Crippen molar-refractivity contribution in [3.8, 4) is 0 Å². The lowest BCUT2D eigenvalue weighted by molar-refractivity contribution is 0.689. The molecule has 0 spiro atoms. The van der Waals surface area contributed by atoms with Gasteiger partial charge in [-0.3, -0.25) is 10.1 Å². The lowest BCUT2D eigenvalue weighted by Crippen LogP contribution is -2.23. The maximum atomic E-state index is 7.66. The van der Waals surface area contributed by atoms with Gasteiger partial charge >= 0.3 is 0 Å². The molecular formula is C15H21N5. The van der Waals surface area contributed by atoms with Crippen LogP contribution in [0.15, 0.2) is 30.3 Å². The monoisotopic (exact) mass is 271 g/mol. The van der Waals surface area contributed by atoms with E-state index in [0.29, 0.717) is 0 Å². The first-order valence-corrected chi connectivity index (χ1v) is 6.69. The van der Waals surface area contributed by atoms with Gasteiger partial charge in [0, 0.05) is 25.3 Å². The highest BCUT2D eigenvalue weighted by Crippen LogP contribution is 2.20. The molecule has 5 nitrogen and oxygen atoms in total. The molecule has 0 fully saturated rings. The number of para-hydroxylation sites is 1. The van der Waals surface area contributed by atoms with Crippen LogP contribution < -0.4 is 10.6 Å². The van der Waals surface area contributed by atoms with Crippen molar-refractivity contribution in [2.45, 2.75) is 19.9 Å².